The SMILES string of the molecule is CN1CCN(Cc2cc(O)ccc2Cl)c2ccc(Cl)cc21. The molecule has 0 saturated heterocycles. The molecule has 1 aliphatic rings. The highest BCUT2D eigenvalue weighted by molar-refractivity contribution is 6.31. The molecule has 0 aliphatic carbocycles. The third-order valence-electron chi connectivity index (χ3n) is 3.79. The minimum atomic E-state index is 0.236. The Bertz CT molecular complexity index is 675. The van der Waals surface area contributed by atoms with Gasteiger partial charge in [-0.1, -0.05) is 23.2 Å². The molecule has 3 rings (SSSR count). The Morgan fingerprint density at radius 2 is 1.86 bits per heavy atom. The predicted octanol–water partition coefficient (Wildman–Crippen LogP) is 4.16. The molecule has 110 valence electrons. The molecule has 0 unspecified atom stereocenters. The highest BCUT2D eigenvalue weighted by atomic mass is 35.5. The average molecular weight is 323 g/mol. The van der Waals surface area contributed by atoms with Gasteiger partial charge in [0.25, 0.3) is 0 Å². The number of fused-ring (bicyclic) bond motifs is 1. The van der Waals surface area contributed by atoms with Crippen LogP contribution >= 0.6 is 23.2 Å². The number of hydrogen-bond acceptors (Lipinski definition) is 3. The molecule has 0 radical (unpaired) electrons. The molecule has 0 saturated carbocycles. The lowest BCUT2D eigenvalue weighted by Gasteiger charge is -2.37. The van der Waals surface area contributed by atoms with Crippen molar-refractivity contribution in [1.29, 1.82) is 0 Å². The first-order valence-corrected chi connectivity index (χ1v) is 7.53. The summed E-state index contributed by atoms with van der Waals surface area (Å²) in [4.78, 5) is 4.45. The van der Waals surface area contributed by atoms with E-state index in [2.05, 4.69) is 16.8 Å². The number of phenols is 1. The van der Waals surface area contributed by atoms with Crippen LogP contribution in [0.2, 0.25) is 10.0 Å². The zero-order valence-corrected chi connectivity index (χ0v) is 13.2. The quantitative estimate of drug-likeness (QED) is 0.899. The molecule has 21 heavy (non-hydrogen) atoms. The lowest BCUT2D eigenvalue weighted by molar-refractivity contribution is 0.474. The van der Waals surface area contributed by atoms with Crippen LogP contribution in [0.25, 0.3) is 0 Å². The fourth-order valence-electron chi connectivity index (χ4n) is 2.63. The molecule has 1 aliphatic heterocycles. The van der Waals surface area contributed by atoms with E-state index in [9.17, 15) is 5.11 Å². The molecule has 1 heterocycles. The molecule has 0 amide bonds. The lowest BCUT2D eigenvalue weighted by Crippen LogP contribution is -2.38. The summed E-state index contributed by atoms with van der Waals surface area (Å²) in [5.74, 6) is 0.236. The standard InChI is InChI=1S/C16H16Cl2N2O/c1-19-6-7-20(15-5-2-12(17)9-16(15)19)10-11-8-13(21)3-4-14(11)18/h2-5,8-9,21H,6-7,10H2,1H3. The first-order valence-electron chi connectivity index (χ1n) is 6.77. The Labute approximate surface area is 134 Å². The number of rotatable bonds is 2. The van der Waals surface area contributed by atoms with Gasteiger partial charge in [0.1, 0.15) is 5.75 Å². The normalized spacial score (nSPS) is 14.2. The van der Waals surface area contributed by atoms with Gasteiger partial charge in [-0.05, 0) is 42.0 Å². The summed E-state index contributed by atoms with van der Waals surface area (Å²) >= 11 is 12.3. The van der Waals surface area contributed by atoms with Gasteiger partial charge in [0.05, 0.1) is 11.4 Å². The molecule has 1 N–H and O–H groups in total. The monoisotopic (exact) mass is 322 g/mol. The van der Waals surface area contributed by atoms with Crippen molar-refractivity contribution in [3.05, 3.63) is 52.0 Å². The second kappa shape index (κ2) is 5.66. The van der Waals surface area contributed by atoms with E-state index in [4.69, 9.17) is 23.2 Å². The van der Waals surface area contributed by atoms with Crippen molar-refractivity contribution in [2.45, 2.75) is 6.54 Å². The second-order valence-electron chi connectivity index (χ2n) is 5.25. The maximum Gasteiger partial charge on any atom is 0.116 e. The van der Waals surface area contributed by atoms with Crippen LogP contribution in [0, 0.1) is 0 Å². The Morgan fingerprint density at radius 1 is 1.05 bits per heavy atom. The van der Waals surface area contributed by atoms with Gasteiger partial charge in [0.2, 0.25) is 0 Å². The van der Waals surface area contributed by atoms with Crippen LogP contribution in [-0.2, 0) is 6.54 Å². The van der Waals surface area contributed by atoms with E-state index in [-0.39, 0.29) is 5.75 Å². The summed E-state index contributed by atoms with van der Waals surface area (Å²) in [5, 5.41) is 11.0. The van der Waals surface area contributed by atoms with Gasteiger partial charge in [-0.15, -0.1) is 0 Å². The maximum absolute atomic E-state index is 9.64. The number of nitrogens with zero attached hydrogens (tertiary/aromatic N) is 2. The first-order chi connectivity index (χ1) is 10.0. The summed E-state index contributed by atoms with van der Waals surface area (Å²) in [6, 6.07) is 11.0. The van der Waals surface area contributed by atoms with Crippen molar-refractivity contribution in [3.8, 4) is 5.75 Å². The van der Waals surface area contributed by atoms with E-state index in [0.29, 0.717) is 11.6 Å². The van der Waals surface area contributed by atoms with E-state index in [1.54, 1.807) is 18.2 Å². The number of aromatic hydroxyl groups is 1. The third-order valence-corrected chi connectivity index (χ3v) is 4.39. The molecule has 0 fully saturated rings. The van der Waals surface area contributed by atoms with Crippen LogP contribution in [0.1, 0.15) is 5.56 Å². The van der Waals surface area contributed by atoms with Gasteiger partial charge in [-0.2, -0.15) is 0 Å². The fourth-order valence-corrected chi connectivity index (χ4v) is 2.98. The number of benzene rings is 2. The van der Waals surface area contributed by atoms with Gasteiger partial charge in [-0.25, -0.2) is 0 Å². The van der Waals surface area contributed by atoms with Crippen molar-refractivity contribution >= 4 is 34.6 Å². The highest BCUT2D eigenvalue weighted by Gasteiger charge is 2.21. The minimum Gasteiger partial charge on any atom is -0.508 e. The summed E-state index contributed by atoms with van der Waals surface area (Å²) in [5.41, 5.74) is 3.17. The molecule has 2 aromatic carbocycles. The van der Waals surface area contributed by atoms with Crippen LogP contribution in [0.3, 0.4) is 0 Å². The molecule has 3 nitrogen and oxygen atoms in total. The molecule has 5 heteroatoms. The molecule has 0 spiro atoms. The van der Waals surface area contributed by atoms with Crippen LogP contribution in [-0.4, -0.2) is 25.2 Å². The summed E-state index contributed by atoms with van der Waals surface area (Å²) < 4.78 is 0. The number of phenolic OH excluding ortho intramolecular Hbond substituents is 1. The van der Waals surface area contributed by atoms with Gasteiger partial charge in [0.15, 0.2) is 0 Å². The number of hydrogen-bond donors (Lipinski definition) is 1. The average Bonchev–Trinajstić information content (AvgIpc) is 2.46. The van der Waals surface area contributed by atoms with E-state index >= 15 is 0 Å². The number of likely N-dealkylation sites (N-methyl/N-ethyl adjacent to an activating group) is 1. The van der Waals surface area contributed by atoms with Gasteiger partial charge >= 0.3 is 0 Å². The molecule has 0 aromatic heterocycles. The van der Waals surface area contributed by atoms with Gasteiger partial charge < -0.3 is 14.9 Å². The summed E-state index contributed by atoms with van der Waals surface area (Å²) in [7, 11) is 2.06. The van der Waals surface area contributed by atoms with Crippen molar-refractivity contribution in [3.63, 3.8) is 0 Å². The van der Waals surface area contributed by atoms with Gasteiger partial charge in [-0.3, -0.25) is 0 Å². The van der Waals surface area contributed by atoms with Crippen molar-refractivity contribution in [2.75, 3.05) is 29.9 Å². The summed E-state index contributed by atoms with van der Waals surface area (Å²) in [6.45, 7) is 2.48. The highest BCUT2D eigenvalue weighted by Crippen LogP contribution is 2.36. The molecule has 0 atom stereocenters. The second-order valence-corrected chi connectivity index (χ2v) is 6.10. The zero-order valence-electron chi connectivity index (χ0n) is 11.7. The molecular weight excluding hydrogens is 307 g/mol. The Kier molecular flexibility index (Phi) is 3.87. The molecule has 0 bridgehead atoms. The number of halogens is 2. The van der Waals surface area contributed by atoms with Crippen molar-refractivity contribution < 1.29 is 5.11 Å². The molecule has 2 aromatic rings. The fraction of sp³-hybridized carbons (Fsp3) is 0.250. The van der Waals surface area contributed by atoms with Crippen molar-refractivity contribution in [1.82, 2.24) is 0 Å². The lowest BCUT2D eigenvalue weighted by atomic mass is 10.1. The maximum atomic E-state index is 9.64. The zero-order chi connectivity index (χ0) is 15.0. The largest absolute Gasteiger partial charge is 0.508 e. The Morgan fingerprint density at radius 3 is 2.67 bits per heavy atom. The van der Waals surface area contributed by atoms with E-state index in [1.165, 1.54) is 0 Å². The minimum absolute atomic E-state index is 0.236. The van der Waals surface area contributed by atoms with Crippen LogP contribution in [0.4, 0.5) is 11.4 Å². The topological polar surface area (TPSA) is 26.7 Å². The smallest absolute Gasteiger partial charge is 0.116 e. The van der Waals surface area contributed by atoms with Crippen LogP contribution in [0.15, 0.2) is 36.4 Å². The predicted molar refractivity (Wildman–Crippen MR) is 88.9 cm³/mol. The van der Waals surface area contributed by atoms with E-state index in [0.717, 1.165) is 35.1 Å². The first kappa shape index (κ1) is 14.4. The van der Waals surface area contributed by atoms with E-state index in [1.807, 2.05) is 18.2 Å². The van der Waals surface area contributed by atoms with Crippen LogP contribution < -0.4 is 9.80 Å². The van der Waals surface area contributed by atoms with Crippen molar-refractivity contribution in [2.24, 2.45) is 0 Å². The Hall–Kier alpha value is -1.58. The Balaban J connectivity index is 1.94. The third kappa shape index (κ3) is 2.89. The van der Waals surface area contributed by atoms with E-state index < -0.39 is 0 Å². The number of anilines is 2. The van der Waals surface area contributed by atoms with Gasteiger partial charge in [0, 0.05) is 36.7 Å². The van der Waals surface area contributed by atoms with Crippen LogP contribution in [0.5, 0.6) is 5.75 Å². The summed E-state index contributed by atoms with van der Waals surface area (Å²) in [6.07, 6.45) is 0. The molecular formula is C16H16Cl2N2O.